The molecule has 1 saturated heterocycles. The van der Waals surface area contributed by atoms with Gasteiger partial charge in [0, 0.05) is 23.1 Å². The summed E-state index contributed by atoms with van der Waals surface area (Å²) in [4.78, 5) is 26.1. The minimum atomic E-state index is -0.454. The second kappa shape index (κ2) is 5.95. The average molecular weight is 339 g/mol. The minimum absolute atomic E-state index is 0.0386. The summed E-state index contributed by atoms with van der Waals surface area (Å²) in [6.07, 6.45) is 0.334. The van der Waals surface area contributed by atoms with E-state index in [1.54, 1.807) is 4.90 Å². The van der Waals surface area contributed by atoms with Gasteiger partial charge in [-0.05, 0) is 36.6 Å². The van der Waals surface area contributed by atoms with Crippen LogP contribution in [0.3, 0.4) is 0 Å². The molecule has 0 spiro atoms. The fraction of sp³-hybridized carbons (Fsp3) is 0.467. The van der Waals surface area contributed by atoms with Crippen LogP contribution >= 0.6 is 15.9 Å². The van der Waals surface area contributed by atoms with Crippen molar-refractivity contribution < 1.29 is 9.59 Å². The Kier molecular flexibility index (Phi) is 4.48. The number of benzene rings is 1. The molecule has 1 aliphatic heterocycles. The zero-order valence-corrected chi connectivity index (χ0v) is 13.5. The number of carbonyl (C=O) groups excluding carboxylic acids is 2. The lowest BCUT2D eigenvalue weighted by Gasteiger charge is -2.26. The van der Waals surface area contributed by atoms with E-state index in [0.29, 0.717) is 13.0 Å². The highest BCUT2D eigenvalue weighted by Gasteiger charge is 2.32. The van der Waals surface area contributed by atoms with Crippen molar-refractivity contribution in [1.82, 2.24) is 5.32 Å². The summed E-state index contributed by atoms with van der Waals surface area (Å²) < 4.78 is 0.935. The van der Waals surface area contributed by atoms with Gasteiger partial charge in [0.25, 0.3) is 0 Å². The van der Waals surface area contributed by atoms with E-state index in [1.165, 1.54) is 0 Å². The van der Waals surface area contributed by atoms with Gasteiger partial charge < -0.3 is 10.2 Å². The molecular formula is C15H19BrN2O2. The summed E-state index contributed by atoms with van der Waals surface area (Å²) in [6.45, 7) is 6.29. The Labute approximate surface area is 127 Å². The third-order valence-corrected chi connectivity index (χ3v) is 3.87. The van der Waals surface area contributed by atoms with E-state index >= 15 is 0 Å². The largest absolute Gasteiger partial charge is 0.344 e. The maximum absolute atomic E-state index is 12.7. The zero-order valence-electron chi connectivity index (χ0n) is 11.9. The lowest BCUT2D eigenvalue weighted by molar-refractivity contribution is -0.126. The Morgan fingerprint density at radius 3 is 2.60 bits per heavy atom. The van der Waals surface area contributed by atoms with E-state index < -0.39 is 6.04 Å². The Morgan fingerprint density at radius 2 is 2.00 bits per heavy atom. The van der Waals surface area contributed by atoms with E-state index in [0.717, 1.165) is 15.7 Å². The minimum Gasteiger partial charge on any atom is -0.344 e. The van der Waals surface area contributed by atoms with Gasteiger partial charge in [0.2, 0.25) is 11.8 Å². The maximum Gasteiger partial charge on any atom is 0.249 e. The number of rotatable bonds is 2. The molecule has 20 heavy (non-hydrogen) atoms. The van der Waals surface area contributed by atoms with Crippen molar-refractivity contribution in [3.05, 3.63) is 28.2 Å². The molecule has 1 unspecified atom stereocenters. The molecule has 108 valence electrons. The summed E-state index contributed by atoms with van der Waals surface area (Å²) in [5, 5.41) is 2.82. The van der Waals surface area contributed by atoms with Crippen molar-refractivity contribution in [3.63, 3.8) is 0 Å². The van der Waals surface area contributed by atoms with E-state index in [9.17, 15) is 9.59 Å². The molecule has 0 radical (unpaired) electrons. The van der Waals surface area contributed by atoms with Gasteiger partial charge >= 0.3 is 0 Å². The third kappa shape index (κ3) is 3.20. The zero-order chi connectivity index (χ0) is 14.9. The van der Waals surface area contributed by atoms with Crippen molar-refractivity contribution in [3.8, 4) is 0 Å². The highest BCUT2D eigenvalue weighted by molar-refractivity contribution is 9.10. The van der Waals surface area contributed by atoms with E-state index in [-0.39, 0.29) is 17.7 Å². The Hall–Kier alpha value is -1.36. The molecule has 1 aliphatic rings. The molecule has 1 atom stereocenters. The van der Waals surface area contributed by atoms with Crippen molar-refractivity contribution >= 4 is 33.4 Å². The SMILES string of the molecule is Cc1cc(Br)cc(N2CCC(=O)NC(C(C)C)C2=O)c1. The van der Waals surface area contributed by atoms with Crippen LogP contribution in [0.1, 0.15) is 25.8 Å². The van der Waals surface area contributed by atoms with Gasteiger partial charge in [0.15, 0.2) is 0 Å². The number of amides is 2. The number of hydrogen-bond donors (Lipinski definition) is 1. The molecule has 0 saturated carbocycles. The highest BCUT2D eigenvalue weighted by atomic mass is 79.9. The van der Waals surface area contributed by atoms with Crippen LogP contribution in [0.15, 0.2) is 22.7 Å². The number of hydrogen-bond acceptors (Lipinski definition) is 2. The number of carbonyl (C=O) groups is 2. The molecule has 4 nitrogen and oxygen atoms in total. The predicted molar refractivity (Wildman–Crippen MR) is 82.6 cm³/mol. The van der Waals surface area contributed by atoms with Crippen LogP contribution in [-0.4, -0.2) is 24.4 Å². The van der Waals surface area contributed by atoms with Gasteiger partial charge in [0.1, 0.15) is 6.04 Å². The molecule has 2 rings (SSSR count). The van der Waals surface area contributed by atoms with Gasteiger partial charge in [0.05, 0.1) is 0 Å². The molecular weight excluding hydrogens is 320 g/mol. The lowest BCUT2D eigenvalue weighted by atomic mass is 10.0. The van der Waals surface area contributed by atoms with Crippen LogP contribution in [-0.2, 0) is 9.59 Å². The van der Waals surface area contributed by atoms with Crippen LogP contribution in [0.5, 0.6) is 0 Å². The van der Waals surface area contributed by atoms with Crippen LogP contribution in [0.2, 0.25) is 0 Å². The first-order valence-corrected chi connectivity index (χ1v) is 7.55. The van der Waals surface area contributed by atoms with E-state index in [2.05, 4.69) is 21.2 Å². The lowest BCUT2D eigenvalue weighted by Crippen LogP contribution is -2.47. The average Bonchev–Trinajstić information content (AvgIpc) is 2.48. The quantitative estimate of drug-likeness (QED) is 0.901. The van der Waals surface area contributed by atoms with Crippen molar-refractivity contribution in [2.45, 2.75) is 33.2 Å². The molecule has 1 heterocycles. The molecule has 5 heteroatoms. The number of nitrogens with one attached hydrogen (secondary N) is 1. The Bertz CT molecular complexity index is 522. The smallest absolute Gasteiger partial charge is 0.249 e. The Balaban J connectivity index is 2.38. The summed E-state index contributed by atoms with van der Waals surface area (Å²) in [6, 6.07) is 5.42. The maximum atomic E-state index is 12.7. The van der Waals surface area contributed by atoms with Crippen LogP contribution in [0.25, 0.3) is 0 Å². The summed E-state index contributed by atoms with van der Waals surface area (Å²) in [7, 11) is 0. The molecule has 1 aromatic carbocycles. The van der Waals surface area contributed by atoms with Crippen molar-refractivity contribution in [2.75, 3.05) is 11.4 Å². The fourth-order valence-corrected chi connectivity index (χ4v) is 2.98. The second-order valence-electron chi connectivity index (χ2n) is 5.52. The molecule has 1 N–H and O–H groups in total. The first-order chi connectivity index (χ1) is 9.38. The molecule has 0 bridgehead atoms. The van der Waals surface area contributed by atoms with Gasteiger partial charge in [-0.15, -0.1) is 0 Å². The monoisotopic (exact) mass is 338 g/mol. The second-order valence-corrected chi connectivity index (χ2v) is 6.43. The third-order valence-electron chi connectivity index (χ3n) is 3.42. The molecule has 1 fully saturated rings. The van der Waals surface area contributed by atoms with Gasteiger partial charge in [-0.2, -0.15) is 0 Å². The topological polar surface area (TPSA) is 49.4 Å². The first kappa shape index (κ1) is 15.0. The fourth-order valence-electron chi connectivity index (χ4n) is 2.38. The highest BCUT2D eigenvalue weighted by Crippen LogP contribution is 2.25. The van der Waals surface area contributed by atoms with Crippen molar-refractivity contribution in [1.29, 1.82) is 0 Å². The summed E-state index contributed by atoms with van der Waals surface area (Å²) >= 11 is 3.45. The van der Waals surface area contributed by atoms with Crippen LogP contribution in [0, 0.1) is 12.8 Å². The molecule has 0 aliphatic carbocycles. The van der Waals surface area contributed by atoms with Gasteiger partial charge in [-0.3, -0.25) is 9.59 Å². The first-order valence-electron chi connectivity index (χ1n) is 6.76. The number of halogens is 1. The number of anilines is 1. The van der Waals surface area contributed by atoms with Crippen LogP contribution in [0.4, 0.5) is 5.69 Å². The van der Waals surface area contributed by atoms with Crippen LogP contribution < -0.4 is 10.2 Å². The normalized spacial score (nSPS) is 20.1. The molecule has 0 aromatic heterocycles. The van der Waals surface area contributed by atoms with E-state index in [4.69, 9.17) is 0 Å². The standard InChI is InChI=1S/C15H19BrN2O2/c1-9(2)14-15(20)18(5-4-13(19)17-14)12-7-10(3)6-11(16)8-12/h6-9,14H,4-5H2,1-3H3,(H,17,19). The molecule has 2 amide bonds. The summed E-state index contributed by atoms with van der Waals surface area (Å²) in [5.41, 5.74) is 1.91. The number of aryl methyl sites for hydroxylation is 1. The van der Waals surface area contributed by atoms with E-state index in [1.807, 2.05) is 39.0 Å². The predicted octanol–water partition coefficient (Wildman–Crippen LogP) is 2.64. The van der Waals surface area contributed by atoms with Gasteiger partial charge in [-0.25, -0.2) is 0 Å². The molecule has 1 aromatic rings. The Morgan fingerprint density at radius 1 is 1.30 bits per heavy atom. The van der Waals surface area contributed by atoms with Gasteiger partial charge in [-0.1, -0.05) is 29.8 Å². The summed E-state index contributed by atoms with van der Waals surface area (Å²) in [5.74, 6) is -0.0325. The van der Waals surface area contributed by atoms with Crippen molar-refractivity contribution in [2.24, 2.45) is 5.92 Å². The number of nitrogens with zero attached hydrogens (tertiary/aromatic N) is 1.